The largest absolute Gasteiger partial charge is 0.394 e. The van der Waals surface area contributed by atoms with Gasteiger partial charge in [0.05, 0.1) is 18.6 Å². The molecule has 92 valence electrons. The van der Waals surface area contributed by atoms with E-state index >= 15 is 0 Å². The average molecular weight is 226 g/mol. The van der Waals surface area contributed by atoms with Crippen molar-refractivity contribution in [3.63, 3.8) is 0 Å². The van der Waals surface area contributed by atoms with Crippen LogP contribution >= 0.6 is 0 Å². The van der Waals surface area contributed by atoms with Crippen LogP contribution in [0.15, 0.2) is 12.2 Å². The van der Waals surface area contributed by atoms with Crippen molar-refractivity contribution < 1.29 is 9.90 Å². The zero-order valence-corrected chi connectivity index (χ0v) is 10.4. The van der Waals surface area contributed by atoms with Crippen molar-refractivity contribution in [1.82, 2.24) is 9.80 Å². The fourth-order valence-corrected chi connectivity index (χ4v) is 2.05. The van der Waals surface area contributed by atoms with Gasteiger partial charge in [0.15, 0.2) is 0 Å². The van der Waals surface area contributed by atoms with E-state index < -0.39 is 0 Å². The van der Waals surface area contributed by atoms with Crippen LogP contribution < -0.4 is 0 Å². The summed E-state index contributed by atoms with van der Waals surface area (Å²) >= 11 is 0. The quantitative estimate of drug-likeness (QED) is 0.703. The third kappa shape index (κ3) is 2.83. The Kier molecular flexibility index (Phi) is 4.96. The van der Waals surface area contributed by atoms with Crippen LogP contribution in [-0.2, 0) is 4.79 Å². The molecule has 2 atom stereocenters. The lowest BCUT2D eigenvalue weighted by Crippen LogP contribution is -2.45. The van der Waals surface area contributed by atoms with Gasteiger partial charge in [0.1, 0.15) is 0 Å². The normalized spacial score (nSPS) is 25.8. The molecule has 1 N–H and O–H groups in total. The van der Waals surface area contributed by atoms with Gasteiger partial charge < -0.3 is 10.0 Å². The van der Waals surface area contributed by atoms with Gasteiger partial charge in [-0.05, 0) is 20.9 Å². The van der Waals surface area contributed by atoms with Crippen molar-refractivity contribution in [2.75, 3.05) is 33.3 Å². The molecule has 0 saturated carbocycles. The van der Waals surface area contributed by atoms with Crippen molar-refractivity contribution in [2.45, 2.75) is 19.9 Å². The van der Waals surface area contributed by atoms with Crippen LogP contribution in [0.1, 0.15) is 13.8 Å². The second kappa shape index (κ2) is 6.01. The van der Waals surface area contributed by atoms with Crippen LogP contribution in [0.2, 0.25) is 0 Å². The fraction of sp³-hybridized carbons (Fsp3) is 0.750. The molecule has 0 saturated heterocycles. The van der Waals surface area contributed by atoms with Gasteiger partial charge in [0.2, 0.25) is 5.91 Å². The van der Waals surface area contributed by atoms with Crippen molar-refractivity contribution >= 4 is 5.91 Å². The molecule has 1 aliphatic rings. The van der Waals surface area contributed by atoms with Crippen LogP contribution in [0.5, 0.6) is 0 Å². The molecule has 16 heavy (non-hydrogen) atoms. The molecule has 1 aliphatic heterocycles. The monoisotopic (exact) mass is 226 g/mol. The van der Waals surface area contributed by atoms with E-state index in [2.05, 4.69) is 0 Å². The third-order valence-electron chi connectivity index (χ3n) is 3.20. The molecule has 0 aromatic heterocycles. The fourth-order valence-electron chi connectivity index (χ4n) is 2.05. The Bertz CT molecular complexity index is 262. The maximum absolute atomic E-state index is 12.1. The van der Waals surface area contributed by atoms with Crippen molar-refractivity contribution in [2.24, 2.45) is 5.92 Å². The molecule has 0 aliphatic carbocycles. The maximum Gasteiger partial charge on any atom is 0.230 e. The zero-order chi connectivity index (χ0) is 12.1. The van der Waals surface area contributed by atoms with E-state index in [0.717, 1.165) is 13.1 Å². The van der Waals surface area contributed by atoms with E-state index in [9.17, 15) is 4.79 Å². The van der Waals surface area contributed by atoms with E-state index in [4.69, 9.17) is 5.11 Å². The summed E-state index contributed by atoms with van der Waals surface area (Å²) in [5.41, 5.74) is 0. The summed E-state index contributed by atoms with van der Waals surface area (Å²) < 4.78 is 0. The SMILES string of the molecule is CCN(CC)C(=O)C1C=CC(CO)N(C)C1. The number of hydrogen-bond donors (Lipinski definition) is 1. The molecule has 0 bridgehead atoms. The first kappa shape index (κ1) is 13.2. The first-order valence-corrected chi connectivity index (χ1v) is 5.92. The summed E-state index contributed by atoms with van der Waals surface area (Å²) in [6, 6.07) is 0.0563. The van der Waals surface area contributed by atoms with Gasteiger partial charge in [-0.15, -0.1) is 0 Å². The summed E-state index contributed by atoms with van der Waals surface area (Å²) in [7, 11) is 1.94. The lowest BCUT2D eigenvalue weighted by molar-refractivity contribution is -0.134. The summed E-state index contributed by atoms with van der Waals surface area (Å²) in [6.45, 7) is 6.30. The summed E-state index contributed by atoms with van der Waals surface area (Å²) in [5, 5.41) is 9.10. The Morgan fingerprint density at radius 2 is 2.06 bits per heavy atom. The molecule has 1 heterocycles. The maximum atomic E-state index is 12.1. The Morgan fingerprint density at radius 3 is 2.50 bits per heavy atom. The minimum Gasteiger partial charge on any atom is -0.394 e. The first-order chi connectivity index (χ1) is 7.63. The smallest absolute Gasteiger partial charge is 0.230 e. The number of likely N-dealkylation sites (N-methyl/N-ethyl adjacent to an activating group) is 1. The topological polar surface area (TPSA) is 43.8 Å². The zero-order valence-electron chi connectivity index (χ0n) is 10.4. The molecule has 4 nitrogen and oxygen atoms in total. The van der Waals surface area contributed by atoms with Crippen LogP contribution in [-0.4, -0.2) is 60.1 Å². The molecule has 0 aromatic rings. The lowest BCUT2D eigenvalue weighted by atomic mass is 10.00. The number of carbonyl (C=O) groups excluding carboxylic acids is 1. The molecular formula is C12H22N2O2. The highest BCUT2D eigenvalue weighted by atomic mass is 16.3. The molecule has 1 rings (SSSR count). The van der Waals surface area contributed by atoms with Crippen molar-refractivity contribution in [3.05, 3.63) is 12.2 Å². The van der Waals surface area contributed by atoms with Gasteiger partial charge >= 0.3 is 0 Å². The average Bonchev–Trinajstić information content (AvgIpc) is 2.30. The highest BCUT2D eigenvalue weighted by Gasteiger charge is 2.27. The molecule has 0 fully saturated rings. The summed E-state index contributed by atoms with van der Waals surface area (Å²) in [4.78, 5) is 16.0. The summed E-state index contributed by atoms with van der Waals surface area (Å²) in [6.07, 6.45) is 3.86. The molecule has 0 spiro atoms. The van der Waals surface area contributed by atoms with Gasteiger partial charge in [-0.25, -0.2) is 0 Å². The van der Waals surface area contributed by atoms with E-state index in [1.807, 2.05) is 42.8 Å². The predicted octanol–water partition coefficient (Wildman–Crippen LogP) is 0.333. The Morgan fingerprint density at radius 1 is 1.44 bits per heavy atom. The van der Waals surface area contributed by atoms with Crippen LogP contribution in [0, 0.1) is 5.92 Å². The highest BCUT2D eigenvalue weighted by Crippen LogP contribution is 2.15. The molecular weight excluding hydrogens is 204 g/mol. The second-order valence-electron chi connectivity index (χ2n) is 4.19. The minimum atomic E-state index is -0.0623. The standard InChI is InChI=1S/C12H22N2O2/c1-4-14(5-2)12(16)10-6-7-11(9-15)13(3)8-10/h6-7,10-11,15H,4-5,8-9H2,1-3H3. The third-order valence-corrected chi connectivity index (χ3v) is 3.20. The van der Waals surface area contributed by atoms with E-state index in [1.54, 1.807) is 0 Å². The molecule has 4 heteroatoms. The van der Waals surface area contributed by atoms with Crippen LogP contribution in [0.3, 0.4) is 0 Å². The number of hydrogen-bond acceptors (Lipinski definition) is 3. The number of nitrogens with zero attached hydrogens (tertiary/aromatic N) is 2. The van der Waals surface area contributed by atoms with E-state index in [0.29, 0.717) is 6.54 Å². The van der Waals surface area contributed by atoms with Gasteiger partial charge in [-0.3, -0.25) is 9.69 Å². The van der Waals surface area contributed by atoms with E-state index in [-0.39, 0.29) is 24.5 Å². The second-order valence-corrected chi connectivity index (χ2v) is 4.19. The van der Waals surface area contributed by atoms with Crippen LogP contribution in [0.4, 0.5) is 0 Å². The summed E-state index contributed by atoms with van der Waals surface area (Å²) in [5.74, 6) is 0.122. The number of carbonyl (C=O) groups is 1. The van der Waals surface area contributed by atoms with Gasteiger partial charge in [-0.1, -0.05) is 12.2 Å². The van der Waals surface area contributed by atoms with Crippen molar-refractivity contribution in [1.29, 1.82) is 0 Å². The number of aliphatic hydroxyl groups is 1. The minimum absolute atomic E-state index is 0.0563. The van der Waals surface area contributed by atoms with E-state index in [1.165, 1.54) is 0 Å². The highest BCUT2D eigenvalue weighted by molar-refractivity contribution is 5.81. The van der Waals surface area contributed by atoms with Crippen LogP contribution in [0.25, 0.3) is 0 Å². The molecule has 0 aromatic carbocycles. The lowest BCUT2D eigenvalue weighted by Gasteiger charge is -2.33. The number of amides is 1. The first-order valence-electron chi connectivity index (χ1n) is 5.92. The Hall–Kier alpha value is -0.870. The van der Waals surface area contributed by atoms with Crippen molar-refractivity contribution in [3.8, 4) is 0 Å². The molecule has 2 unspecified atom stereocenters. The van der Waals surface area contributed by atoms with Gasteiger partial charge in [0, 0.05) is 19.6 Å². The van der Waals surface area contributed by atoms with Gasteiger partial charge in [0.25, 0.3) is 0 Å². The van der Waals surface area contributed by atoms with Gasteiger partial charge in [-0.2, -0.15) is 0 Å². The number of rotatable bonds is 4. The molecule has 0 radical (unpaired) electrons. The predicted molar refractivity (Wildman–Crippen MR) is 64.1 cm³/mol. The molecule has 1 amide bonds. The number of aliphatic hydroxyl groups excluding tert-OH is 1. The Balaban J connectivity index is 2.66. The Labute approximate surface area is 97.5 Å².